The van der Waals surface area contributed by atoms with Crippen molar-refractivity contribution < 1.29 is 0 Å². The first-order valence-corrected chi connectivity index (χ1v) is 8.10. The lowest BCUT2D eigenvalue weighted by atomic mass is 9.92. The summed E-state index contributed by atoms with van der Waals surface area (Å²) in [6.45, 7) is 0. The Balaban J connectivity index is 1.83. The second-order valence-electron chi connectivity index (χ2n) is 5.53. The van der Waals surface area contributed by atoms with Gasteiger partial charge in [0.1, 0.15) is 0 Å². The molecule has 3 rings (SSSR count). The highest BCUT2D eigenvalue weighted by Crippen LogP contribution is 2.30. The minimum atomic E-state index is 0.282. The number of hydrogen-bond donors (Lipinski definition) is 0. The SMILES string of the molecule is ClCC(Cc1ccc2c(c1)CCC2)c1ccccc1Cl. The number of benzene rings is 2. The summed E-state index contributed by atoms with van der Waals surface area (Å²) in [7, 11) is 0. The fourth-order valence-corrected chi connectivity index (χ4v) is 3.66. The first kappa shape index (κ1) is 14.0. The largest absolute Gasteiger partial charge is 0.126 e. The topological polar surface area (TPSA) is 0 Å². The molecule has 1 atom stereocenters. The molecule has 0 bridgehead atoms. The van der Waals surface area contributed by atoms with Crippen LogP contribution in [0.4, 0.5) is 0 Å². The Morgan fingerprint density at radius 1 is 1.00 bits per heavy atom. The van der Waals surface area contributed by atoms with Crippen molar-refractivity contribution in [1.82, 2.24) is 0 Å². The van der Waals surface area contributed by atoms with Gasteiger partial charge in [-0.15, -0.1) is 11.6 Å². The van der Waals surface area contributed by atoms with Crippen LogP contribution in [-0.2, 0) is 19.3 Å². The molecule has 0 radical (unpaired) electrons. The number of rotatable bonds is 4. The molecule has 0 nitrogen and oxygen atoms in total. The molecule has 0 spiro atoms. The molecule has 0 aliphatic heterocycles. The molecule has 104 valence electrons. The molecular weight excluding hydrogens is 287 g/mol. The van der Waals surface area contributed by atoms with Crippen molar-refractivity contribution in [2.45, 2.75) is 31.6 Å². The zero-order chi connectivity index (χ0) is 13.9. The molecule has 0 aromatic heterocycles. The molecule has 1 aliphatic carbocycles. The smallest absolute Gasteiger partial charge is 0.0441 e. The second kappa shape index (κ2) is 6.20. The van der Waals surface area contributed by atoms with E-state index in [1.165, 1.54) is 36.0 Å². The van der Waals surface area contributed by atoms with E-state index < -0.39 is 0 Å². The minimum absolute atomic E-state index is 0.282. The van der Waals surface area contributed by atoms with Crippen LogP contribution in [0.1, 0.15) is 34.6 Å². The lowest BCUT2D eigenvalue weighted by molar-refractivity contribution is 0.765. The van der Waals surface area contributed by atoms with Gasteiger partial charge in [0.2, 0.25) is 0 Å². The van der Waals surface area contributed by atoms with Crippen molar-refractivity contribution in [3.8, 4) is 0 Å². The number of halogens is 2. The molecule has 2 aromatic carbocycles. The Labute approximate surface area is 130 Å². The van der Waals surface area contributed by atoms with Crippen molar-refractivity contribution in [2.75, 3.05) is 5.88 Å². The van der Waals surface area contributed by atoms with Crippen molar-refractivity contribution in [3.05, 3.63) is 69.7 Å². The van der Waals surface area contributed by atoms with Gasteiger partial charge >= 0.3 is 0 Å². The van der Waals surface area contributed by atoms with Crippen LogP contribution in [0.3, 0.4) is 0 Å². The van der Waals surface area contributed by atoms with Gasteiger partial charge < -0.3 is 0 Å². The zero-order valence-corrected chi connectivity index (χ0v) is 12.9. The van der Waals surface area contributed by atoms with Crippen LogP contribution in [0.15, 0.2) is 42.5 Å². The maximum absolute atomic E-state index is 6.30. The summed E-state index contributed by atoms with van der Waals surface area (Å²) < 4.78 is 0. The molecule has 1 unspecified atom stereocenters. The Kier molecular flexibility index (Phi) is 4.33. The number of aryl methyl sites for hydroxylation is 2. The van der Waals surface area contributed by atoms with Crippen molar-refractivity contribution in [1.29, 1.82) is 0 Å². The summed E-state index contributed by atoms with van der Waals surface area (Å²) in [5.41, 5.74) is 5.57. The van der Waals surface area contributed by atoms with E-state index in [1.807, 2.05) is 18.2 Å². The molecule has 0 heterocycles. The van der Waals surface area contributed by atoms with Gasteiger partial charge in [-0.25, -0.2) is 0 Å². The Morgan fingerprint density at radius 3 is 2.60 bits per heavy atom. The van der Waals surface area contributed by atoms with E-state index in [0.717, 1.165) is 17.0 Å². The third-order valence-corrected chi connectivity index (χ3v) is 4.89. The maximum atomic E-state index is 6.30. The minimum Gasteiger partial charge on any atom is -0.126 e. The van der Waals surface area contributed by atoms with E-state index in [-0.39, 0.29) is 5.92 Å². The average Bonchev–Trinajstić information content (AvgIpc) is 2.93. The predicted octanol–water partition coefficient (Wildman–Crippen LogP) is 5.39. The van der Waals surface area contributed by atoms with Gasteiger partial charge in [0, 0.05) is 16.8 Å². The molecule has 1 aliphatic rings. The Bertz CT molecular complexity index is 604. The van der Waals surface area contributed by atoms with E-state index in [0.29, 0.717) is 5.88 Å². The lowest BCUT2D eigenvalue weighted by Crippen LogP contribution is -2.06. The molecule has 0 saturated heterocycles. The summed E-state index contributed by atoms with van der Waals surface area (Å²) in [6.07, 6.45) is 4.71. The molecule has 2 aromatic rings. The van der Waals surface area contributed by atoms with E-state index in [9.17, 15) is 0 Å². The van der Waals surface area contributed by atoms with Crippen LogP contribution < -0.4 is 0 Å². The van der Waals surface area contributed by atoms with Gasteiger partial charge in [0.05, 0.1) is 0 Å². The second-order valence-corrected chi connectivity index (χ2v) is 6.25. The summed E-state index contributed by atoms with van der Waals surface area (Å²) in [4.78, 5) is 0. The Morgan fingerprint density at radius 2 is 1.80 bits per heavy atom. The van der Waals surface area contributed by atoms with Gasteiger partial charge in [-0.3, -0.25) is 0 Å². The van der Waals surface area contributed by atoms with Gasteiger partial charge in [-0.2, -0.15) is 0 Å². The van der Waals surface area contributed by atoms with E-state index in [2.05, 4.69) is 24.3 Å². The van der Waals surface area contributed by atoms with E-state index in [1.54, 1.807) is 0 Å². The van der Waals surface area contributed by atoms with Crippen molar-refractivity contribution in [2.24, 2.45) is 0 Å². The lowest BCUT2D eigenvalue weighted by Gasteiger charge is -2.16. The van der Waals surface area contributed by atoms with Crippen LogP contribution in [0, 0.1) is 0 Å². The van der Waals surface area contributed by atoms with Crippen LogP contribution in [0.5, 0.6) is 0 Å². The highest BCUT2D eigenvalue weighted by atomic mass is 35.5. The molecule has 2 heteroatoms. The van der Waals surface area contributed by atoms with Crippen molar-refractivity contribution >= 4 is 23.2 Å². The standard InChI is InChI=1S/C18H18Cl2/c19-12-16(17-6-1-2-7-18(17)20)11-13-8-9-14-4-3-5-15(14)10-13/h1-2,6-10,16H,3-5,11-12H2. The Hall–Kier alpha value is -0.980. The quantitative estimate of drug-likeness (QED) is 0.664. The fraction of sp³-hybridized carbons (Fsp3) is 0.333. The van der Waals surface area contributed by atoms with Gasteiger partial charge in [0.15, 0.2) is 0 Å². The van der Waals surface area contributed by atoms with E-state index in [4.69, 9.17) is 23.2 Å². The summed E-state index contributed by atoms with van der Waals surface area (Å²) in [6, 6.07) is 14.9. The maximum Gasteiger partial charge on any atom is 0.0441 e. The summed E-state index contributed by atoms with van der Waals surface area (Å²) in [5.74, 6) is 0.880. The number of alkyl halides is 1. The zero-order valence-electron chi connectivity index (χ0n) is 11.4. The van der Waals surface area contributed by atoms with Crippen LogP contribution in [0.25, 0.3) is 0 Å². The van der Waals surface area contributed by atoms with Gasteiger partial charge in [-0.05, 0) is 54.0 Å². The number of fused-ring (bicyclic) bond motifs is 1. The highest BCUT2D eigenvalue weighted by Gasteiger charge is 2.16. The fourth-order valence-electron chi connectivity index (χ4n) is 3.09. The number of hydrogen-bond acceptors (Lipinski definition) is 0. The summed E-state index contributed by atoms with van der Waals surface area (Å²) >= 11 is 12.5. The summed E-state index contributed by atoms with van der Waals surface area (Å²) in [5, 5.41) is 0.819. The van der Waals surface area contributed by atoms with Crippen LogP contribution in [-0.4, -0.2) is 5.88 Å². The first-order valence-electron chi connectivity index (χ1n) is 7.19. The van der Waals surface area contributed by atoms with Crippen LogP contribution in [0.2, 0.25) is 5.02 Å². The van der Waals surface area contributed by atoms with E-state index >= 15 is 0 Å². The van der Waals surface area contributed by atoms with Crippen LogP contribution >= 0.6 is 23.2 Å². The molecule has 0 amide bonds. The molecular formula is C18H18Cl2. The van der Waals surface area contributed by atoms with Gasteiger partial charge in [-0.1, -0.05) is 48.0 Å². The van der Waals surface area contributed by atoms with Crippen molar-refractivity contribution in [3.63, 3.8) is 0 Å². The normalized spacial score (nSPS) is 15.1. The first-order chi connectivity index (χ1) is 9.78. The molecule has 0 fully saturated rings. The monoisotopic (exact) mass is 304 g/mol. The predicted molar refractivity (Wildman–Crippen MR) is 87.1 cm³/mol. The molecule has 0 N–H and O–H groups in total. The highest BCUT2D eigenvalue weighted by molar-refractivity contribution is 6.31. The molecule has 0 saturated carbocycles. The van der Waals surface area contributed by atoms with Gasteiger partial charge in [0.25, 0.3) is 0 Å². The molecule has 20 heavy (non-hydrogen) atoms. The third-order valence-electron chi connectivity index (χ3n) is 4.18. The third kappa shape index (κ3) is 2.87. The average molecular weight is 305 g/mol.